The Labute approximate surface area is 432 Å². The molecule has 2 aliphatic heterocycles. The van der Waals surface area contributed by atoms with Gasteiger partial charge >= 0.3 is 11.9 Å². The quantitative estimate of drug-likeness (QED) is 0.0957. The molecule has 0 aromatic heterocycles. The number of piperidine rings is 2. The normalized spacial score (nSPS) is 24.8. The number of fused-ring (bicyclic) bond motifs is 2. The molecule has 4 aromatic rings. The summed E-state index contributed by atoms with van der Waals surface area (Å²) >= 11 is 0. The Kier molecular flexibility index (Phi) is 17.5. The van der Waals surface area contributed by atoms with E-state index in [1.807, 2.05) is 62.4 Å². The topological polar surface area (TPSA) is 127 Å². The van der Waals surface area contributed by atoms with Crippen LogP contribution in [0.15, 0.2) is 131 Å². The smallest absolute Gasteiger partial charge is 0.330 e. The molecule has 8 rings (SSSR count). The van der Waals surface area contributed by atoms with E-state index in [2.05, 4.69) is 77.9 Å². The van der Waals surface area contributed by atoms with Gasteiger partial charge in [-0.25, -0.2) is 21.6 Å². The maximum Gasteiger partial charge on any atom is 0.330 e. The molecule has 5 atom stereocenters. The molecular formula is C60H80N2O8S2. The van der Waals surface area contributed by atoms with Gasteiger partial charge in [-0.3, -0.25) is 4.79 Å². The molecule has 1 unspecified atom stereocenters. The van der Waals surface area contributed by atoms with Crippen molar-refractivity contribution < 1.29 is 35.9 Å². The lowest BCUT2D eigenvalue weighted by Crippen LogP contribution is -2.54. The number of hydrogen-bond donors (Lipinski definition) is 0. The summed E-state index contributed by atoms with van der Waals surface area (Å²) in [5.74, 6) is 0.632. The van der Waals surface area contributed by atoms with Crippen molar-refractivity contribution in [2.24, 2.45) is 28.6 Å². The number of carbonyl (C=O) groups excluding carboxylic acids is 2. The summed E-state index contributed by atoms with van der Waals surface area (Å²) in [5, 5.41) is 0. The number of nitrogens with zero attached hydrogens (tertiary/aromatic N) is 2. The molecule has 0 bridgehead atoms. The molecule has 2 heterocycles. The number of hydrogen-bond acceptors (Lipinski definition) is 8. The van der Waals surface area contributed by atoms with E-state index in [0.717, 1.165) is 80.9 Å². The minimum absolute atomic E-state index is 0.0252. The van der Waals surface area contributed by atoms with Gasteiger partial charge in [0.05, 0.1) is 23.0 Å². The maximum absolute atomic E-state index is 13.8. The van der Waals surface area contributed by atoms with E-state index in [4.69, 9.17) is 9.47 Å². The minimum Gasteiger partial charge on any atom is -0.466 e. The fourth-order valence-electron chi connectivity index (χ4n) is 12.1. The molecule has 0 spiro atoms. The fourth-order valence-corrected chi connectivity index (χ4v) is 15.2. The van der Waals surface area contributed by atoms with Crippen molar-refractivity contribution in [1.82, 2.24) is 8.61 Å². The molecule has 2 aliphatic carbocycles. The molecular weight excluding hydrogens is 941 g/mol. The molecule has 0 amide bonds. The Morgan fingerprint density at radius 2 is 1.07 bits per heavy atom. The van der Waals surface area contributed by atoms with Crippen LogP contribution in [-0.2, 0) is 62.8 Å². The molecule has 12 heteroatoms. The summed E-state index contributed by atoms with van der Waals surface area (Å²) in [7, 11) is -7.19. The zero-order valence-corrected chi connectivity index (χ0v) is 45.8. The third kappa shape index (κ3) is 13.2. The maximum atomic E-state index is 13.8. The highest BCUT2D eigenvalue weighted by Crippen LogP contribution is 2.53. The second-order valence-corrected chi connectivity index (χ2v) is 27.0. The first-order valence-electron chi connectivity index (χ1n) is 26.4. The molecule has 4 aliphatic rings. The first kappa shape index (κ1) is 55.1. The van der Waals surface area contributed by atoms with Crippen molar-refractivity contribution in [3.8, 4) is 0 Å². The monoisotopic (exact) mass is 1020 g/mol. The van der Waals surface area contributed by atoms with E-state index >= 15 is 0 Å². The lowest BCUT2D eigenvalue weighted by atomic mass is 9.58. The fraction of sp³-hybridized carbons (Fsp3) is 0.533. The standard InChI is InChI=1S/C30H41NO4S.C30H39NO4S/c2*1-5-35-28(32)20-24-15-17-30(21-23-9-7-6-8-10-23)22-31(18-16-26(30)19-24)36(33,34)27-13-11-25(12-14-27)29(2,3)4/h6-14,24,26H,5,15-22H2,1-4H3;6-14,20,26H,5,15-19,21-22H2,1-4H3/t24?,26-,30-;26-,30-/m00/s1. The minimum atomic E-state index is -3.60. The Balaban J connectivity index is 0.000000211. The Morgan fingerprint density at radius 3 is 1.53 bits per heavy atom. The third-order valence-corrected chi connectivity index (χ3v) is 19.9. The zero-order chi connectivity index (χ0) is 52.0. The average Bonchev–Trinajstić information content (AvgIpc) is 3.34. The van der Waals surface area contributed by atoms with Crippen LogP contribution in [-0.4, -0.2) is 76.8 Å². The van der Waals surface area contributed by atoms with Gasteiger partial charge < -0.3 is 9.47 Å². The van der Waals surface area contributed by atoms with Crippen molar-refractivity contribution in [3.05, 3.63) is 143 Å². The highest BCUT2D eigenvalue weighted by molar-refractivity contribution is 7.89. The van der Waals surface area contributed by atoms with E-state index in [1.54, 1.807) is 39.0 Å². The number of sulfonamides is 2. The highest BCUT2D eigenvalue weighted by Gasteiger charge is 2.50. The van der Waals surface area contributed by atoms with Gasteiger partial charge in [-0.2, -0.15) is 8.61 Å². The number of esters is 2. The molecule has 2 saturated heterocycles. The van der Waals surface area contributed by atoms with Gasteiger partial charge in [0.15, 0.2) is 0 Å². The van der Waals surface area contributed by atoms with Crippen LogP contribution in [0.3, 0.4) is 0 Å². The summed E-state index contributed by atoms with van der Waals surface area (Å²) in [6, 6.07) is 35.6. The summed E-state index contributed by atoms with van der Waals surface area (Å²) in [6.07, 6.45) is 10.7. The summed E-state index contributed by atoms with van der Waals surface area (Å²) in [4.78, 5) is 25.0. The van der Waals surface area contributed by atoms with Crippen molar-refractivity contribution in [2.45, 2.75) is 147 Å². The highest BCUT2D eigenvalue weighted by atomic mass is 32.2. The van der Waals surface area contributed by atoms with Crippen LogP contribution in [0.25, 0.3) is 0 Å². The van der Waals surface area contributed by atoms with Gasteiger partial charge in [-0.05, 0) is 164 Å². The number of rotatable bonds is 13. The molecule has 0 radical (unpaired) electrons. The predicted molar refractivity (Wildman–Crippen MR) is 286 cm³/mol. The molecule has 4 fully saturated rings. The van der Waals surface area contributed by atoms with Gasteiger partial charge in [0.25, 0.3) is 0 Å². The molecule has 390 valence electrons. The number of allylic oxidation sites excluding steroid dienone is 1. The van der Waals surface area contributed by atoms with E-state index < -0.39 is 20.0 Å². The van der Waals surface area contributed by atoms with E-state index in [1.165, 1.54) is 11.1 Å². The summed E-state index contributed by atoms with van der Waals surface area (Å²) in [5.41, 5.74) is 5.51. The Hall–Kier alpha value is -4.62. The summed E-state index contributed by atoms with van der Waals surface area (Å²) < 4.78 is 68.8. The lowest BCUT2D eigenvalue weighted by molar-refractivity contribution is -0.145. The van der Waals surface area contributed by atoms with Gasteiger partial charge in [0.2, 0.25) is 20.0 Å². The number of ether oxygens (including phenoxy) is 2. The molecule has 4 aromatic carbocycles. The third-order valence-electron chi connectivity index (χ3n) is 16.2. The molecule has 10 nitrogen and oxygen atoms in total. The first-order valence-corrected chi connectivity index (χ1v) is 29.3. The SMILES string of the molecule is CCOC(=O)C=C1CC[C@]2(Cc3ccccc3)CN(S(=O)(=O)c3ccc(C(C)(C)C)cc3)CC[C@H]2C1.CCOC(=O)CC1CC[C@]2(Cc3ccccc3)CN(S(=O)(=O)c3ccc(C(C)(C)C)cc3)CC[C@H]2C1. The molecule has 2 saturated carbocycles. The van der Waals surface area contributed by atoms with Crippen LogP contribution in [0.4, 0.5) is 0 Å². The van der Waals surface area contributed by atoms with Crippen LogP contribution in [0.2, 0.25) is 0 Å². The van der Waals surface area contributed by atoms with Crippen LogP contribution in [0.1, 0.15) is 135 Å². The van der Waals surface area contributed by atoms with Gasteiger partial charge in [-0.1, -0.05) is 132 Å². The van der Waals surface area contributed by atoms with Crippen LogP contribution < -0.4 is 0 Å². The summed E-state index contributed by atoms with van der Waals surface area (Å²) in [6.45, 7) is 19.3. The largest absolute Gasteiger partial charge is 0.466 e. The number of carbonyl (C=O) groups is 2. The Bertz CT molecular complexity index is 2710. The van der Waals surface area contributed by atoms with Crippen molar-refractivity contribution in [2.75, 3.05) is 39.4 Å². The molecule has 0 N–H and O–H groups in total. The number of benzene rings is 4. The van der Waals surface area contributed by atoms with Crippen molar-refractivity contribution in [3.63, 3.8) is 0 Å². The van der Waals surface area contributed by atoms with Crippen LogP contribution >= 0.6 is 0 Å². The van der Waals surface area contributed by atoms with E-state index in [-0.39, 0.29) is 33.6 Å². The zero-order valence-electron chi connectivity index (χ0n) is 44.2. The van der Waals surface area contributed by atoms with Crippen molar-refractivity contribution >= 4 is 32.0 Å². The van der Waals surface area contributed by atoms with E-state index in [0.29, 0.717) is 73.4 Å². The average molecular weight is 1020 g/mol. The van der Waals surface area contributed by atoms with Crippen LogP contribution in [0.5, 0.6) is 0 Å². The van der Waals surface area contributed by atoms with E-state index in [9.17, 15) is 26.4 Å². The second-order valence-electron chi connectivity index (χ2n) is 23.2. The van der Waals surface area contributed by atoms with Crippen LogP contribution in [0, 0.1) is 28.6 Å². The molecule has 72 heavy (non-hydrogen) atoms. The van der Waals surface area contributed by atoms with Gasteiger partial charge in [0.1, 0.15) is 0 Å². The van der Waals surface area contributed by atoms with Gasteiger partial charge in [0, 0.05) is 38.7 Å². The first-order chi connectivity index (χ1) is 34.1. The Morgan fingerprint density at radius 1 is 0.611 bits per heavy atom. The lowest BCUT2D eigenvalue weighted by Gasteiger charge is -2.52. The predicted octanol–water partition coefficient (Wildman–Crippen LogP) is 11.9. The van der Waals surface area contributed by atoms with Crippen molar-refractivity contribution in [1.29, 1.82) is 0 Å². The van der Waals surface area contributed by atoms with Gasteiger partial charge in [-0.15, -0.1) is 0 Å². The second kappa shape index (κ2) is 22.9.